The van der Waals surface area contributed by atoms with E-state index in [4.69, 9.17) is 10.2 Å². The van der Waals surface area contributed by atoms with Gasteiger partial charge in [-0.05, 0) is 25.0 Å². The summed E-state index contributed by atoms with van der Waals surface area (Å²) in [6.07, 6.45) is 0. The van der Waals surface area contributed by atoms with Gasteiger partial charge >= 0.3 is 0 Å². The van der Waals surface area contributed by atoms with E-state index < -0.39 is 0 Å². The first-order valence-corrected chi connectivity index (χ1v) is 3.96. The zero-order valence-electron chi connectivity index (χ0n) is 7.62. The molecular weight excluding hydrogens is 152 g/mol. The van der Waals surface area contributed by atoms with Crippen LogP contribution in [0.4, 0.5) is 0 Å². The Morgan fingerprint density at radius 2 is 1.25 bits per heavy atom. The van der Waals surface area contributed by atoms with Crippen LogP contribution in [0, 0.1) is 13.8 Å². The minimum atomic E-state index is -0.125. The zero-order chi connectivity index (χ0) is 9.40. The van der Waals surface area contributed by atoms with Crippen molar-refractivity contribution in [1.29, 1.82) is 0 Å². The van der Waals surface area contributed by atoms with Crippen LogP contribution in [0.5, 0.6) is 0 Å². The second-order valence-corrected chi connectivity index (χ2v) is 2.53. The van der Waals surface area contributed by atoms with Gasteiger partial charge in [-0.2, -0.15) is 0 Å². The Kier molecular flexibility index (Phi) is 6.34. The van der Waals surface area contributed by atoms with E-state index in [0.717, 1.165) is 0 Å². The molecule has 0 saturated heterocycles. The molecule has 0 spiro atoms. The molecule has 0 heterocycles. The van der Waals surface area contributed by atoms with E-state index in [1.807, 2.05) is 0 Å². The number of rotatable bonds is 1. The van der Waals surface area contributed by atoms with Gasteiger partial charge in [-0.3, -0.25) is 0 Å². The van der Waals surface area contributed by atoms with E-state index in [1.165, 1.54) is 11.1 Å². The van der Waals surface area contributed by atoms with Crippen molar-refractivity contribution < 1.29 is 10.2 Å². The Balaban J connectivity index is 0.000000261. The standard InChI is InChI=1S/C8H10.C2H6O2/c1-7-5-3-4-6-8(7)2;3-1-2-4/h3-6H,1-2H3;3-4H,1-2H2. The van der Waals surface area contributed by atoms with E-state index in [1.54, 1.807) is 0 Å². The Morgan fingerprint density at radius 1 is 0.917 bits per heavy atom. The van der Waals surface area contributed by atoms with Crippen molar-refractivity contribution in [2.45, 2.75) is 13.8 Å². The molecule has 0 aliphatic heterocycles. The number of aliphatic hydroxyl groups is 2. The average Bonchev–Trinajstić information content (AvgIpc) is 2.11. The fraction of sp³-hybridized carbons (Fsp3) is 0.400. The lowest BCUT2D eigenvalue weighted by atomic mass is 10.1. The quantitative estimate of drug-likeness (QED) is 0.663. The molecule has 2 nitrogen and oxygen atoms in total. The monoisotopic (exact) mass is 168 g/mol. The van der Waals surface area contributed by atoms with Gasteiger partial charge in [-0.1, -0.05) is 24.3 Å². The van der Waals surface area contributed by atoms with Crippen LogP contribution in [0.15, 0.2) is 24.3 Å². The van der Waals surface area contributed by atoms with Gasteiger partial charge in [-0.25, -0.2) is 0 Å². The van der Waals surface area contributed by atoms with E-state index in [-0.39, 0.29) is 13.2 Å². The fourth-order valence-electron chi connectivity index (χ4n) is 0.663. The summed E-state index contributed by atoms with van der Waals surface area (Å²) < 4.78 is 0. The predicted octanol–water partition coefficient (Wildman–Crippen LogP) is 1.27. The van der Waals surface area contributed by atoms with Gasteiger partial charge in [0.2, 0.25) is 0 Å². The minimum absolute atomic E-state index is 0.125. The molecule has 0 aliphatic carbocycles. The van der Waals surface area contributed by atoms with Crippen molar-refractivity contribution in [2.75, 3.05) is 13.2 Å². The number of benzene rings is 1. The third kappa shape index (κ3) is 4.88. The van der Waals surface area contributed by atoms with Crippen LogP contribution in [0.1, 0.15) is 11.1 Å². The lowest BCUT2D eigenvalue weighted by molar-refractivity contribution is 0.186. The van der Waals surface area contributed by atoms with E-state index in [9.17, 15) is 0 Å². The van der Waals surface area contributed by atoms with Crippen LogP contribution in [0.25, 0.3) is 0 Å². The lowest BCUT2D eigenvalue weighted by Gasteiger charge is -1.93. The minimum Gasteiger partial charge on any atom is -0.394 e. The third-order valence-electron chi connectivity index (χ3n) is 1.53. The Hall–Kier alpha value is -0.860. The first kappa shape index (κ1) is 11.1. The maximum atomic E-state index is 7.62. The summed E-state index contributed by atoms with van der Waals surface area (Å²) in [7, 11) is 0. The molecule has 0 aromatic heterocycles. The predicted molar refractivity (Wildman–Crippen MR) is 50.1 cm³/mol. The van der Waals surface area contributed by atoms with Crippen LogP contribution >= 0.6 is 0 Å². The summed E-state index contributed by atoms with van der Waals surface area (Å²) in [4.78, 5) is 0. The van der Waals surface area contributed by atoms with Crippen molar-refractivity contribution in [3.63, 3.8) is 0 Å². The van der Waals surface area contributed by atoms with Gasteiger partial charge in [0.15, 0.2) is 0 Å². The summed E-state index contributed by atoms with van der Waals surface area (Å²) in [6, 6.07) is 8.36. The molecular formula is C10H16O2. The van der Waals surface area contributed by atoms with Crippen molar-refractivity contribution in [3.8, 4) is 0 Å². The van der Waals surface area contributed by atoms with Gasteiger partial charge < -0.3 is 10.2 Å². The average molecular weight is 168 g/mol. The van der Waals surface area contributed by atoms with Crippen LogP contribution in [0.3, 0.4) is 0 Å². The van der Waals surface area contributed by atoms with Gasteiger partial charge in [0.25, 0.3) is 0 Å². The highest BCUT2D eigenvalue weighted by atomic mass is 16.3. The number of aliphatic hydroxyl groups excluding tert-OH is 2. The van der Waals surface area contributed by atoms with Crippen LogP contribution in [-0.2, 0) is 0 Å². The van der Waals surface area contributed by atoms with Crippen molar-refractivity contribution in [3.05, 3.63) is 35.4 Å². The third-order valence-corrected chi connectivity index (χ3v) is 1.53. The molecule has 1 rings (SSSR count). The molecule has 0 amide bonds. The van der Waals surface area contributed by atoms with Crippen LogP contribution in [-0.4, -0.2) is 23.4 Å². The van der Waals surface area contributed by atoms with Crippen molar-refractivity contribution >= 4 is 0 Å². The van der Waals surface area contributed by atoms with Crippen molar-refractivity contribution in [1.82, 2.24) is 0 Å². The molecule has 68 valence electrons. The second-order valence-electron chi connectivity index (χ2n) is 2.53. The molecule has 12 heavy (non-hydrogen) atoms. The molecule has 0 bridgehead atoms. The zero-order valence-corrected chi connectivity index (χ0v) is 7.62. The summed E-state index contributed by atoms with van der Waals surface area (Å²) in [6.45, 7) is 3.99. The SMILES string of the molecule is Cc1ccccc1C.OCCO. The lowest BCUT2D eigenvalue weighted by Crippen LogP contribution is -1.85. The highest BCUT2D eigenvalue weighted by Gasteiger charge is 1.83. The van der Waals surface area contributed by atoms with E-state index in [0.29, 0.717) is 0 Å². The highest BCUT2D eigenvalue weighted by molar-refractivity contribution is 5.23. The molecule has 1 aromatic rings. The maximum absolute atomic E-state index is 7.62. The molecule has 2 N–H and O–H groups in total. The summed E-state index contributed by atoms with van der Waals surface area (Å²) >= 11 is 0. The van der Waals surface area contributed by atoms with Crippen LogP contribution < -0.4 is 0 Å². The maximum Gasteiger partial charge on any atom is 0.0662 e. The first-order chi connectivity index (χ1) is 5.72. The van der Waals surface area contributed by atoms with Crippen molar-refractivity contribution in [2.24, 2.45) is 0 Å². The summed E-state index contributed by atoms with van der Waals surface area (Å²) in [5.74, 6) is 0. The Morgan fingerprint density at radius 3 is 1.42 bits per heavy atom. The topological polar surface area (TPSA) is 40.5 Å². The number of hydrogen-bond donors (Lipinski definition) is 2. The van der Waals surface area contributed by atoms with E-state index in [2.05, 4.69) is 38.1 Å². The smallest absolute Gasteiger partial charge is 0.0662 e. The van der Waals surface area contributed by atoms with Crippen LogP contribution in [0.2, 0.25) is 0 Å². The molecule has 0 unspecified atom stereocenters. The molecule has 2 heteroatoms. The molecule has 0 radical (unpaired) electrons. The number of hydrogen-bond acceptors (Lipinski definition) is 2. The molecule has 1 aromatic carbocycles. The van der Waals surface area contributed by atoms with Gasteiger partial charge in [-0.15, -0.1) is 0 Å². The first-order valence-electron chi connectivity index (χ1n) is 3.96. The Bertz CT molecular complexity index is 186. The van der Waals surface area contributed by atoms with Gasteiger partial charge in [0, 0.05) is 0 Å². The highest BCUT2D eigenvalue weighted by Crippen LogP contribution is 2.02. The summed E-state index contributed by atoms with van der Waals surface area (Å²) in [5.41, 5.74) is 2.74. The fourth-order valence-corrected chi connectivity index (χ4v) is 0.663. The second kappa shape index (κ2) is 6.83. The van der Waals surface area contributed by atoms with E-state index >= 15 is 0 Å². The number of aryl methyl sites for hydroxylation is 2. The summed E-state index contributed by atoms with van der Waals surface area (Å²) in [5, 5.41) is 15.2. The molecule has 0 atom stereocenters. The van der Waals surface area contributed by atoms with Gasteiger partial charge in [0.05, 0.1) is 13.2 Å². The largest absolute Gasteiger partial charge is 0.394 e. The Labute approximate surface area is 73.5 Å². The molecule has 0 saturated carbocycles. The van der Waals surface area contributed by atoms with Gasteiger partial charge in [0.1, 0.15) is 0 Å². The normalized spacial score (nSPS) is 8.67. The molecule has 0 fully saturated rings. The molecule has 0 aliphatic rings.